The second-order valence-corrected chi connectivity index (χ2v) is 4.71. The molecule has 0 aliphatic carbocycles. The Morgan fingerprint density at radius 3 is 2.38 bits per heavy atom. The van der Waals surface area contributed by atoms with E-state index in [1.54, 1.807) is 55.5 Å². The van der Waals surface area contributed by atoms with Crippen molar-refractivity contribution in [1.29, 1.82) is 0 Å². The topological polar surface area (TPSA) is 52.4 Å². The van der Waals surface area contributed by atoms with Crippen LogP contribution in [-0.4, -0.2) is 23.5 Å². The summed E-state index contributed by atoms with van der Waals surface area (Å²) in [5.74, 6) is -0.400. The van der Waals surface area contributed by atoms with Crippen LogP contribution in [0.4, 0.5) is 5.69 Å². The zero-order valence-electron chi connectivity index (χ0n) is 11.5. The van der Waals surface area contributed by atoms with Gasteiger partial charge in [0, 0.05) is 22.7 Å². The summed E-state index contributed by atoms with van der Waals surface area (Å²) in [6.45, 7) is 2.06. The van der Waals surface area contributed by atoms with Crippen LogP contribution in [0.5, 0.6) is 0 Å². The Kier molecular flexibility index (Phi) is 4.95. The molecule has 0 saturated carbocycles. The summed E-state index contributed by atoms with van der Waals surface area (Å²) in [6, 6.07) is 13.2. The Bertz CT molecular complexity index is 648. The van der Waals surface area contributed by atoms with Crippen molar-refractivity contribution in [3.05, 3.63) is 69.9 Å². The second kappa shape index (κ2) is 6.90. The fourth-order valence-electron chi connectivity index (χ4n) is 1.72. The van der Waals surface area contributed by atoms with Crippen LogP contribution in [0.3, 0.4) is 0 Å². The largest absolute Gasteiger partial charge is 0.618 e. The molecular formula is C16H14ClNO3. The molecule has 0 heterocycles. The van der Waals surface area contributed by atoms with Gasteiger partial charge in [-0.3, -0.25) is 0 Å². The summed E-state index contributed by atoms with van der Waals surface area (Å²) in [7, 11) is 0. The van der Waals surface area contributed by atoms with Gasteiger partial charge < -0.3 is 9.94 Å². The van der Waals surface area contributed by atoms with E-state index in [9.17, 15) is 10.0 Å². The predicted molar refractivity (Wildman–Crippen MR) is 82.3 cm³/mol. The fourth-order valence-corrected chi connectivity index (χ4v) is 1.84. The monoisotopic (exact) mass is 303 g/mol. The Morgan fingerprint density at radius 1 is 1.19 bits per heavy atom. The van der Waals surface area contributed by atoms with Gasteiger partial charge in [-0.15, -0.1) is 0 Å². The van der Waals surface area contributed by atoms with E-state index in [1.165, 1.54) is 6.21 Å². The van der Waals surface area contributed by atoms with Crippen molar-refractivity contribution >= 4 is 29.5 Å². The molecule has 108 valence electrons. The number of esters is 1. The van der Waals surface area contributed by atoms with Crippen LogP contribution in [0.15, 0.2) is 48.5 Å². The Hall–Kier alpha value is -2.33. The molecule has 0 spiro atoms. The maximum Gasteiger partial charge on any atom is 0.338 e. The number of rotatable bonds is 4. The minimum absolute atomic E-state index is 0.318. The number of hydrogen-bond donors (Lipinski definition) is 0. The molecular weight excluding hydrogens is 290 g/mol. The first-order valence-electron chi connectivity index (χ1n) is 6.44. The number of nitrogens with zero attached hydrogens (tertiary/aromatic N) is 1. The molecule has 0 unspecified atom stereocenters. The molecule has 0 N–H and O–H groups in total. The highest BCUT2D eigenvalue weighted by atomic mass is 35.5. The van der Waals surface area contributed by atoms with Gasteiger partial charge in [-0.25, -0.2) is 4.79 Å². The highest BCUT2D eigenvalue weighted by molar-refractivity contribution is 6.30. The van der Waals surface area contributed by atoms with Crippen LogP contribution in [0.25, 0.3) is 0 Å². The van der Waals surface area contributed by atoms with Crippen LogP contribution in [-0.2, 0) is 4.74 Å². The van der Waals surface area contributed by atoms with Gasteiger partial charge >= 0.3 is 5.97 Å². The van der Waals surface area contributed by atoms with Crippen molar-refractivity contribution in [2.24, 2.45) is 0 Å². The van der Waals surface area contributed by atoms with E-state index in [-0.39, 0.29) is 0 Å². The van der Waals surface area contributed by atoms with Crippen molar-refractivity contribution in [3.63, 3.8) is 0 Å². The fraction of sp³-hybridized carbons (Fsp3) is 0.125. The van der Waals surface area contributed by atoms with Crippen LogP contribution in [0, 0.1) is 5.21 Å². The molecule has 2 aromatic rings. The molecule has 5 heteroatoms. The summed E-state index contributed by atoms with van der Waals surface area (Å²) in [5, 5.41) is 12.6. The summed E-state index contributed by atoms with van der Waals surface area (Å²) < 4.78 is 5.62. The van der Waals surface area contributed by atoms with Crippen molar-refractivity contribution < 1.29 is 14.3 Å². The number of hydrogen-bond acceptors (Lipinski definition) is 3. The first-order valence-corrected chi connectivity index (χ1v) is 6.82. The quantitative estimate of drug-likeness (QED) is 0.284. The maximum atomic E-state index is 12.0. The third kappa shape index (κ3) is 4.07. The van der Waals surface area contributed by atoms with Gasteiger partial charge in [-0.2, -0.15) is 4.74 Å². The van der Waals surface area contributed by atoms with Crippen LogP contribution in [0.1, 0.15) is 22.8 Å². The number of ether oxygens (including phenoxy) is 1. The highest BCUT2D eigenvalue weighted by Crippen LogP contribution is 2.14. The first-order chi connectivity index (χ1) is 10.1. The molecule has 0 atom stereocenters. The molecule has 0 radical (unpaired) electrons. The van der Waals surface area contributed by atoms with E-state index in [0.717, 1.165) is 10.3 Å². The number of carbonyl (C=O) groups is 1. The molecule has 21 heavy (non-hydrogen) atoms. The Labute approximate surface area is 127 Å². The molecule has 2 rings (SSSR count). The van der Waals surface area contributed by atoms with Crippen LogP contribution in [0.2, 0.25) is 5.02 Å². The number of benzene rings is 2. The van der Waals surface area contributed by atoms with Gasteiger partial charge in [-0.1, -0.05) is 11.6 Å². The minimum Gasteiger partial charge on any atom is -0.618 e. The Morgan fingerprint density at radius 2 is 1.81 bits per heavy atom. The third-order valence-electron chi connectivity index (χ3n) is 2.77. The van der Waals surface area contributed by atoms with E-state index < -0.39 is 5.97 Å². The number of halogens is 1. The predicted octanol–water partition coefficient (Wildman–Crippen LogP) is 3.78. The normalized spacial score (nSPS) is 11.2. The lowest BCUT2D eigenvalue weighted by Gasteiger charge is -2.05. The van der Waals surface area contributed by atoms with Gasteiger partial charge in [-0.05, 0) is 43.3 Å². The molecule has 0 saturated heterocycles. The molecule has 0 aliphatic rings. The summed E-state index contributed by atoms with van der Waals surface area (Å²) in [6.07, 6.45) is 1.44. The lowest BCUT2D eigenvalue weighted by Crippen LogP contribution is -2.05. The van der Waals surface area contributed by atoms with Crippen molar-refractivity contribution in [2.45, 2.75) is 6.92 Å². The third-order valence-corrected chi connectivity index (χ3v) is 3.02. The number of carbonyl (C=O) groups excluding carboxylic acids is 1. The molecule has 0 amide bonds. The summed E-state index contributed by atoms with van der Waals surface area (Å²) >= 11 is 5.79. The maximum absolute atomic E-state index is 12.0. The highest BCUT2D eigenvalue weighted by Gasteiger charge is 2.08. The molecule has 4 nitrogen and oxygen atoms in total. The molecule has 0 aliphatic heterocycles. The van der Waals surface area contributed by atoms with E-state index >= 15 is 0 Å². The zero-order valence-corrected chi connectivity index (χ0v) is 12.2. The smallest absolute Gasteiger partial charge is 0.338 e. The molecule has 0 fully saturated rings. The Balaban J connectivity index is 2.17. The lowest BCUT2D eigenvalue weighted by molar-refractivity contribution is -0.354. The van der Waals surface area contributed by atoms with Gasteiger partial charge in [0.1, 0.15) is 0 Å². The van der Waals surface area contributed by atoms with E-state index in [1.807, 2.05) is 0 Å². The van der Waals surface area contributed by atoms with E-state index in [4.69, 9.17) is 16.3 Å². The summed E-state index contributed by atoms with van der Waals surface area (Å²) in [4.78, 5) is 11.5. The standard InChI is InChI=1S/C16H14ClNO3/c1-2-21-16(19)13-5-9-15(10-6-13)18(20)11-12-3-7-14(17)8-4-12/h3-11H,2H2,1H3/b18-11-. The van der Waals surface area contributed by atoms with Crippen LogP contribution < -0.4 is 0 Å². The van der Waals surface area contributed by atoms with Gasteiger partial charge in [0.15, 0.2) is 6.21 Å². The van der Waals surface area contributed by atoms with Crippen LogP contribution >= 0.6 is 11.6 Å². The van der Waals surface area contributed by atoms with Crippen molar-refractivity contribution in [2.75, 3.05) is 6.61 Å². The lowest BCUT2D eigenvalue weighted by atomic mass is 10.2. The van der Waals surface area contributed by atoms with Crippen molar-refractivity contribution in [3.8, 4) is 0 Å². The molecule has 2 aromatic carbocycles. The second-order valence-electron chi connectivity index (χ2n) is 4.27. The van der Waals surface area contributed by atoms with E-state index in [0.29, 0.717) is 22.9 Å². The zero-order chi connectivity index (χ0) is 15.2. The average Bonchev–Trinajstić information content (AvgIpc) is 2.50. The minimum atomic E-state index is -0.400. The SMILES string of the molecule is CCOC(=O)c1ccc(/[N+]([O-])=C/c2ccc(Cl)cc2)cc1. The molecule has 0 bridgehead atoms. The summed E-state index contributed by atoms with van der Waals surface area (Å²) in [5.41, 5.74) is 1.59. The van der Waals surface area contributed by atoms with Gasteiger partial charge in [0.25, 0.3) is 0 Å². The van der Waals surface area contributed by atoms with Gasteiger partial charge in [0.2, 0.25) is 5.69 Å². The van der Waals surface area contributed by atoms with Gasteiger partial charge in [0.05, 0.1) is 12.2 Å². The van der Waals surface area contributed by atoms with Crippen molar-refractivity contribution in [1.82, 2.24) is 0 Å². The van der Waals surface area contributed by atoms with E-state index in [2.05, 4.69) is 0 Å². The first kappa shape index (κ1) is 15.1. The molecule has 0 aromatic heterocycles. The average molecular weight is 304 g/mol.